The zero-order valence-electron chi connectivity index (χ0n) is 19.4. The number of tetrazole rings is 1. The molecule has 1 aromatic carbocycles. The summed E-state index contributed by atoms with van der Waals surface area (Å²) >= 11 is 0. The van der Waals surface area contributed by atoms with E-state index in [0.717, 1.165) is 5.69 Å². The highest BCUT2D eigenvalue weighted by Crippen LogP contribution is 2.35. The van der Waals surface area contributed by atoms with Crippen LogP contribution in [-0.2, 0) is 6.42 Å². The van der Waals surface area contributed by atoms with Gasteiger partial charge in [-0.2, -0.15) is 17.9 Å². The third-order valence-electron chi connectivity index (χ3n) is 6.31. The predicted octanol–water partition coefficient (Wildman–Crippen LogP) is 3.13. The lowest BCUT2D eigenvalue weighted by Crippen LogP contribution is -2.24. The SMILES string of the molecule is Nc1ccc(-c2cnc([C@@H]3CCc4cc(-c5cc(OC(F)F)ccc5-n5cnnn5)cc(=O)n43)[nH]2)c(F)n1. The lowest BCUT2D eigenvalue weighted by atomic mass is 10.0. The minimum atomic E-state index is -3.01. The van der Waals surface area contributed by atoms with Crippen LogP contribution >= 0.6 is 0 Å². The normalized spacial score (nSPS) is 14.7. The molecule has 6 rings (SSSR count). The molecule has 1 aliphatic rings. The second kappa shape index (κ2) is 9.14. The molecular weight excluding hydrogens is 503 g/mol. The number of fused-ring (bicyclic) bond motifs is 1. The van der Waals surface area contributed by atoms with Gasteiger partial charge in [0.15, 0.2) is 0 Å². The number of nitrogens with two attached hydrogens (primary N) is 1. The number of hydrogen-bond donors (Lipinski definition) is 2. The van der Waals surface area contributed by atoms with E-state index < -0.39 is 18.6 Å². The summed E-state index contributed by atoms with van der Waals surface area (Å²) in [7, 11) is 0. The topological polar surface area (TPSA) is 142 Å². The smallest absolute Gasteiger partial charge is 0.387 e. The van der Waals surface area contributed by atoms with Crippen LogP contribution in [0, 0.1) is 5.95 Å². The standard InChI is InChI=1S/C24H18F3N9O2/c25-22-15(3-6-20(28)32-22)17-10-29-23(31-17)19-4-1-13-7-12(8-21(37)36(13)19)16-9-14(38-24(26)27)2-5-18(16)35-11-30-33-34-35/h2-3,5-11,19,24H,1,4H2,(H2,28,32)(H,29,31)/t19-/m0/s1. The average Bonchev–Trinajstić information content (AvgIpc) is 3.64. The summed E-state index contributed by atoms with van der Waals surface area (Å²) < 4.78 is 47.6. The second-order valence-electron chi connectivity index (χ2n) is 8.57. The largest absolute Gasteiger partial charge is 0.435 e. The predicted molar refractivity (Wildman–Crippen MR) is 128 cm³/mol. The number of nitrogen functional groups attached to an aromatic ring is 1. The van der Waals surface area contributed by atoms with Gasteiger partial charge >= 0.3 is 6.61 Å². The maximum atomic E-state index is 14.3. The Bertz CT molecular complexity index is 1700. The summed E-state index contributed by atoms with van der Waals surface area (Å²) in [5, 5.41) is 11.1. The van der Waals surface area contributed by atoms with Crippen LogP contribution in [-0.4, -0.2) is 46.3 Å². The molecule has 4 aromatic heterocycles. The molecule has 1 atom stereocenters. The minimum absolute atomic E-state index is 0.0626. The fourth-order valence-corrected chi connectivity index (χ4v) is 4.70. The van der Waals surface area contributed by atoms with Gasteiger partial charge in [0.2, 0.25) is 5.95 Å². The van der Waals surface area contributed by atoms with Crippen molar-refractivity contribution in [2.24, 2.45) is 0 Å². The van der Waals surface area contributed by atoms with Crippen LogP contribution in [0.15, 0.2) is 59.8 Å². The number of anilines is 1. The molecule has 3 N–H and O–H groups in total. The monoisotopic (exact) mass is 521 g/mol. The van der Waals surface area contributed by atoms with Crippen molar-refractivity contribution in [3.05, 3.63) is 82.8 Å². The van der Waals surface area contributed by atoms with Gasteiger partial charge in [0.05, 0.1) is 29.2 Å². The fraction of sp³-hybridized carbons (Fsp3) is 0.167. The van der Waals surface area contributed by atoms with Gasteiger partial charge in [-0.1, -0.05) is 0 Å². The Hall–Kier alpha value is -5.01. The number of halogens is 3. The molecular formula is C24H18F3N9O2. The summed E-state index contributed by atoms with van der Waals surface area (Å²) in [5.41, 5.74) is 7.95. The van der Waals surface area contributed by atoms with Crippen LogP contribution in [0.2, 0.25) is 0 Å². The molecule has 0 saturated carbocycles. The maximum Gasteiger partial charge on any atom is 0.387 e. The number of hydrogen-bond acceptors (Lipinski definition) is 8. The van der Waals surface area contributed by atoms with Gasteiger partial charge < -0.3 is 20.0 Å². The highest BCUT2D eigenvalue weighted by atomic mass is 19.3. The van der Waals surface area contributed by atoms with Gasteiger partial charge in [-0.25, -0.2) is 9.97 Å². The third kappa shape index (κ3) is 4.15. The molecule has 0 radical (unpaired) electrons. The number of aromatic amines is 1. The average molecular weight is 521 g/mol. The Balaban J connectivity index is 1.39. The van der Waals surface area contributed by atoms with E-state index in [-0.39, 0.29) is 22.7 Å². The Morgan fingerprint density at radius 1 is 1.13 bits per heavy atom. The van der Waals surface area contributed by atoms with Crippen LogP contribution in [0.1, 0.15) is 24.0 Å². The molecule has 0 unspecified atom stereocenters. The highest BCUT2D eigenvalue weighted by molar-refractivity contribution is 5.74. The number of pyridine rings is 2. The minimum Gasteiger partial charge on any atom is -0.435 e. The molecule has 0 aliphatic carbocycles. The van der Waals surface area contributed by atoms with Crippen LogP contribution in [0.3, 0.4) is 0 Å². The maximum absolute atomic E-state index is 14.3. The van der Waals surface area contributed by atoms with E-state index in [0.29, 0.717) is 41.2 Å². The van der Waals surface area contributed by atoms with Crippen LogP contribution in [0.5, 0.6) is 5.75 Å². The van der Waals surface area contributed by atoms with Gasteiger partial charge in [0.25, 0.3) is 5.56 Å². The van der Waals surface area contributed by atoms with Crippen molar-refractivity contribution in [1.29, 1.82) is 0 Å². The van der Waals surface area contributed by atoms with E-state index in [2.05, 4.69) is 35.2 Å². The fourth-order valence-electron chi connectivity index (χ4n) is 4.70. The number of benzene rings is 1. The highest BCUT2D eigenvalue weighted by Gasteiger charge is 2.28. The summed E-state index contributed by atoms with van der Waals surface area (Å²) in [4.78, 5) is 24.5. The molecule has 1 aliphatic heterocycles. The van der Waals surface area contributed by atoms with Gasteiger partial charge in [-0.05, 0) is 65.2 Å². The first kappa shape index (κ1) is 23.4. The number of rotatable bonds is 6. The molecule has 5 aromatic rings. The quantitative estimate of drug-likeness (QED) is 0.325. The van der Waals surface area contributed by atoms with E-state index in [1.54, 1.807) is 4.57 Å². The van der Waals surface area contributed by atoms with E-state index >= 15 is 0 Å². The van der Waals surface area contributed by atoms with Gasteiger partial charge in [0.1, 0.15) is 23.7 Å². The van der Waals surface area contributed by atoms with E-state index in [1.165, 1.54) is 53.6 Å². The molecule has 5 heterocycles. The Kier molecular flexibility index (Phi) is 5.62. The summed E-state index contributed by atoms with van der Waals surface area (Å²) in [6.07, 6.45) is 3.96. The molecule has 38 heavy (non-hydrogen) atoms. The van der Waals surface area contributed by atoms with E-state index in [1.807, 2.05) is 6.07 Å². The van der Waals surface area contributed by atoms with Crippen molar-refractivity contribution in [2.45, 2.75) is 25.5 Å². The first-order valence-electron chi connectivity index (χ1n) is 11.4. The first-order valence-corrected chi connectivity index (χ1v) is 11.4. The number of aryl methyl sites for hydroxylation is 1. The van der Waals surface area contributed by atoms with E-state index in [4.69, 9.17) is 5.73 Å². The third-order valence-corrected chi connectivity index (χ3v) is 6.31. The van der Waals surface area contributed by atoms with Crippen molar-refractivity contribution >= 4 is 5.82 Å². The zero-order valence-corrected chi connectivity index (χ0v) is 19.4. The Labute approximate surface area is 211 Å². The number of aromatic nitrogens is 8. The van der Waals surface area contributed by atoms with Crippen LogP contribution in [0.4, 0.5) is 19.0 Å². The summed E-state index contributed by atoms with van der Waals surface area (Å²) in [5.74, 6) is -0.248. The number of nitrogens with one attached hydrogen (secondary N) is 1. The van der Waals surface area contributed by atoms with Crippen molar-refractivity contribution in [2.75, 3.05) is 5.73 Å². The molecule has 11 nitrogen and oxygen atoms in total. The first-order chi connectivity index (χ1) is 18.4. The molecule has 192 valence electrons. The molecule has 0 spiro atoms. The van der Waals surface area contributed by atoms with Crippen LogP contribution in [0.25, 0.3) is 28.1 Å². The summed E-state index contributed by atoms with van der Waals surface area (Å²) in [6.45, 7) is -3.01. The number of imidazole rings is 1. The molecule has 0 amide bonds. The van der Waals surface area contributed by atoms with Gasteiger partial charge in [0, 0.05) is 17.3 Å². The van der Waals surface area contributed by atoms with Gasteiger partial charge in [-0.15, -0.1) is 5.10 Å². The van der Waals surface area contributed by atoms with Crippen molar-refractivity contribution in [3.8, 4) is 33.8 Å². The van der Waals surface area contributed by atoms with E-state index in [9.17, 15) is 18.0 Å². The molecule has 0 fully saturated rings. The number of nitrogens with zero attached hydrogens (tertiary/aromatic N) is 7. The molecule has 0 saturated heterocycles. The molecule has 0 bridgehead atoms. The lowest BCUT2D eigenvalue weighted by molar-refractivity contribution is -0.0498. The lowest BCUT2D eigenvalue weighted by Gasteiger charge is -2.15. The van der Waals surface area contributed by atoms with Gasteiger partial charge in [-0.3, -0.25) is 4.79 Å². The van der Waals surface area contributed by atoms with Crippen LogP contribution < -0.4 is 16.0 Å². The Morgan fingerprint density at radius 2 is 2.00 bits per heavy atom. The van der Waals surface area contributed by atoms with Crippen molar-refractivity contribution < 1.29 is 17.9 Å². The molecule has 14 heteroatoms. The number of ether oxygens (including phenoxy) is 1. The number of H-pyrrole nitrogens is 1. The second-order valence-corrected chi connectivity index (χ2v) is 8.57. The number of alkyl halides is 2. The summed E-state index contributed by atoms with van der Waals surface area (Å²) in [6, 6.07) is 10.1. The van der Waals surface area contributed by atoms with Crippen molar-refractivity contribution in [1.82, 2.24) is 39.7 Å². The van der Waals surface area contributed by atoms with Crippen molar-refractivity contribution in [3.63, 3.8) is 0 Å². The Morgan fingerprint density at radius 3 is 2.76 bits per heavy atom. The zero-order chi connectivity index (χ0) is 26.4.